The van der Waals surface area contributed by atoms with Gasteiger partial charge in [-0.1, -0.05) is 30.9 Å². The van der Waals surface area contributed by atoms with Crippen molar-refractivity contribution in [3.8, 4) is 0 Å². The van der Waals surface area contributed by atoms with Crippen molar-refractivity contribution in [3.05, 3.63) is 16.0 Å². The maximum atomic E-state index is 12.8. The molecule has 1 aliphatic carbocycles. The highest BCUT2D eigenvalue weighted by Gasteiger charge is 2.33. The summed E-state index contributed by atoms with van der Waals surface area (Å²) in [4.78, 5) is 0. The van der Waals surface area contributed by atoms with E-state index in [2.05, 4.69) is 0 Å². The van der Waals surface area contributed by atoms with Gasteiger partial charge in [0.1, 0.15) is 4.21 Å². The minimum atomic E-state index is -3.48. The maximum absolute atomic E-state index is 12.8. The molecule has 0 amide bonds. The van der Waals surface area contributed by atoms with Crippen LogP contribution in [0.4, 0.5) is 0 Å². The molecule has 0 spiro atoms. The van der Waals surface area contributed by atoms with Gasteiger partial charge in [-0.25, -0.2) is 8.42 Å². The van der Waals surface area contributed by atoms with Gasteiger partial charge in [0.15, 0.2) is 0 Å². The molecule has 0 aromatic carbocycles. The Morgan fingerprint density at radius 3 is 2.50 bits per heavy atom. The zero-order valence-corrected chi connectivity index (χ0v) is 14.6. The number of hydrogen-bond donors (Lipinski definition) is 0. The van der Waals surface area contributed by atoms with Crippen molar-refractivity contribution in [2.24, 2.45) is 0 Å². The first kappa shape index (κ1) is 16.6. The highest BCUT2D eigenvalue weighted by atomic mass is 35.5. The number of nitrogens with zero attached hydrogens (tertiary/aromatic N) is 1. The van der Waals surface area contributed by atoms with Crippen LogP contribution < -0.4 is 0 Å². The van der Waals surface area contributed by atoms with E-state index in [4.69, 9.17) is 23.2 Å². The first-order chi connectivity index (χ1) is 9.46. The molecule has 2 rings (SSSR count). The van der Waals surface area contributed by atoms with Gasteiger partial charge in [-0.3, -0.25) is 0 Å². The molecule has 1 saturated carbocycles. The Kier molecular flexibility index (Phi) is 5.77. The van der Waals surface area contributed by atoms with E-state index in [-0.39, 0.29) is 6.04 Å². The van der Waals surface area contributed by atoms with Crippen LogP contribution in [0.15, 0.2) is 10.3 Å². The highest BCUT2D eigenvalue weighted by molar-refractivity contribution is 7.91. The number of alkyl halides is 1. The van der Waals surface area contributed by atoms with Crippen molar-refractivity contribution in [1.82, 2.24) is 4.31 Å². The summed E-state index contributed by atoms with van der Waals surface area (Å²) in [6, 6.07) is 1.74. The van der Waals surface area contributed by atoms with Crippen LogP contribution in [-0.2, 0) is 10.0 Å². The Morgan fingerprint density at radius 2 is 2.00 bits per heavy atom. The summed E-state index contributed by atoms with van der Waals surface area (Å²) in [5, 5.41) is 0. The third kappa shape index (κ3) is 3.50. The van der Waals surface area contributed by atoms with E-state index >= 15 is 0 Å². The molecular formula is C13H19Cl2NO2S2. The normalized spacial score (nSPS) is 17.8. The monoisotopic (exact) mass is 355 g/mol. The van der Waals surface area contributed by atoms with Crippen molar-refractivity contribution in [2.75, 3.05) is 12.4 Å². The molecule has 3 nitrogen and oxygen atoms in total. The molecule has 1 aromatic heterocycles. The van der Waals surface area contributed by atoms with Gasteiger partial charge in [-0.15, -0.1) is 22.9 Å². The topological polar surface area (TPSA) is 37.4 Å². The molecule has 0 radical (unpaired) electrons. The average molecular weight is 356 g/mol. The second kappa shape index (κ2) is 6.97. The number of halogens is 2. The molecule has 1 fully saturated rings. The van der Waals surface area contributed by atoms with Crippen LogP contribution in [0.1, 0.15) is 37.7 Å². The predicted octanol–water partition coefficient (Wildman–Crippen LogP) is 4.27. The molecule has 0 unspecified atom stereocenters. The third-order valence-corrected chi connectivity index (χ3v) is 7.81. The molecule has 114 valence electrons. The summed E-state index contributed by atoms with van der Waals surface area (Å²) in [5.74, 6) is 0.313. The van der Waals surface area contributed by atoms with E-state index in [1.807, 2.05) is 6.92 Å². The van der Waals surface area contributed by atoms with Gasteiger partial charge in [0.2, 0.25) is 0 Å². The summed E-state index contributed by atoms with van der Waals surface area (Å²) in [6.07, 6.45) is 5.21. The molecule has 7 heteroatoms. The first-order valence-electron chi connectivity index (χ1n) is 6.80. The fraction of sp³-hybridized carbons (Fsp3) is 0.692. The van der Waals surface area contributed by atoms with E-state index < -0.39 is 10.0 Å². The second-order valence-corrected chi connectivity index (χ2v) is 9.27. The second-order valence-electron chi connectivity index (χ2n) is 5.12. The molecule has 0 saturated heterocycles. The van der Waals surface area contributed by atoms with Crippen LogP contribution in [0.5, 0.6) is 0 Å². The number of sulfonamides is 1. The Bertz CT molecular complexity index is 531. The van der Waals surface area contributed by atoms with Crippen LogP contribution in [0, 0.1) is 6.92 Å². The van der Waals surface area contributed by atoms with Crippen molar-refractivity contribution < 1.29 is 8.42 Å². The molecule has 0 N–H and O–H groups in total. The Labute approximate surface area is 134 Å². The summed E-state index contributed by atoms with van der Waals surface area (Å²) in [7, 11) is -3.48. The largest absolute Gasteiger partial charge is 0.252 e. The molecule has 0 aliphatic heterocycles. The Morgan fingerprint density at radius 1 is 1.35 bits per heavy atom. The van der Waals surface area contributed by atoms with Gasteiger partial charge >= 0.3 is 0 Å². The van der Waals surface area contributed by atoms with Crippen molar-refractivity contribution in [1.29, 1.82) is 0 Å². The summed E-state index contributed by atoms with van der Waals surface area (Å²) < 4.78 is 28.1. The number of thiophene rings is 1. The van der Waals surface area contributed by atoms with Crippen LogP contribution in [0.2, 0.25) is 4.34 Å². The summed E-state index contributed by atoms with van der Waals surface area (Å²) in [5.41, 5.74) is 0.810. The smallest absolute Gasteiger partial charge is 0.206 e. The predicted molar refractivity (Wildman–Crippen MR) is 85.6 cm³/mol. The molecule has 1 aromatic rings. The standard InChI is InChI=1S/C13H19Cl2NO2S2/c1-10-9-12(19-13(10)15)20(17,18)16(8-7-14)11-5-3-2-4-6-11/h9,11H,2-8H2,1H3. The molecule has 1 aliphatic rings. The van der Waals surface area contributed by atoms with E-state index in [9.17, 15) is 8.42 Å². The lowest BCUT2D eigenvalue weighted by Gasteiger charge is -2.32. The maximum Gasteiger partial charge on any atom is 0.252 e. The fourth-order valence-corrected chi connectivity index (χ4v) is 6.43. The number of hydrogen-bond acceptors (Lipinski definition) is 3. The van der Waals surface area contributed by atoms with Crippen molar-refractivity contribution in [3.63, 3.8) is 0 Å². The van der Waals surface area contributed by atoms with E-state index in [0.717, 1.165) is 42.6 Å². The quantitative estimate of drug-likeness (QED) is 0.739. The third-order valence-electron chi connectivity index (χ3n) is 3.68. The van der Waals surface area contributed by atoms with E-state index in [0.29, 0.717) is 21.0 Å². The summed E-state index contributed by atoms with van der Waals surface area (Å²) >= 11 is 13.0. The van der Waals surface area contributed by atoms with E-state index in [1.165, 1.54) is 6.42 Å². The lowest BCUT2D eigenvalue weighted by molar-refractivity contribution is 0.262. The number of aryl methyl sites for hydroxylation is 1. The first-order valence-corrected chi connectivity index (χ1v) is 9.97. The molecule has 20 heavy (non-hydrogen) atoms. The summed E-state index contributed by atoms with van der Waals surface area (Å²) in [6.45, 7) is 2.19. The highest BCUT2D eigenvalue weighted by Crippen LogP contribution is 2.34. The van der Waals surface area contributed by atoms with Gasteiger partial charge in [0, 0.05) is 18.5 Å². The molecule has 1 heterocycles. The average Bonchev–Trinajstić information content (AvgIpc) is 2.77. The van der Waals surface area contributed by atoms with Crippen LogP contribution in [-0.4, -0.2) is 31.2 Å². The number of rotatable bonds is 5. The van der Waals surface area contributed by atoms with Crippen LogP contribution >= 0.6 is 34.5 Å². The molecule has 0 atom stereocenters. The SMILES string of the molecule is Cc1cc(S(=O)(=O)N(CCCl)C2CCCCC2)sc1Cl. The van der Waals surface area contributed by atoms with Gasteiger partial charge < -0.3 is 0 Å². The zero-order chi connectivity index (χ0) is 14.8. The fourth-order valence-electron chi connectivity index (χ4n) is 2.63. The van der Waals surface area contributed by atoms with Crippen LogP contribution in [0.3, 0.4) is 0 Å². The minimum absolute atomic E-state index is 0.0775. The Hall–Kier alpha value is 0.190. The van der Waals surface area contributed by atoms with Crippen molar-refractivity contribution in [2.45, 2.75) is 49.3 Å². The van der Waals surface area contributed by atoms with Gasteiger partial charge in [-0.2, -0.15) is 4.31 Å². The van der Waals surface area contributed by atoms with Gasteiger partial charge in [-0.05, 0) is 31.4 Å². The Balaban J connectivity index is 2.31. The van der Waals surface area contributed by atoms with E-state index in [1.54, 1.807) is 10.4 Å². The zero-order valence-electron chi connectivity index (χ0n) is 11.4. The molecule has 0 bridgehead atoms. The van der Waals surface area contributed by atoms with Crippen molar-refractivity contribution >= 4 is 44.6 Å². The van der Waals surface area contributed by atoms with Gasteiger partial charge in [0.25, 0.3) is 10.0 Å². The lowest BCUT2D eigenvalue weighted by Crippen LogP contribution is -2.42. The van der Waals surface area contributed by atoms with Crippen LogP contribution in [0.25, 0.3) is 0 Å². The minimum Gasteiger partial charge on any atom is -0.206 e. The lowest BCUT2D eigenvalue weighted by atomic mass is 9.95. The molecular weight excluding hydrogens is 337 g/mol. The van der Waals surface area contributed by atoms with Gasteiger partial charge in [0.05, 0.1) is 4.34 Å².